The molecule has 1 heterocycles. The van der Waals surface area contributed by atoms with Gasteiger partial charge >= 0.3 is 6.18 Å². The van der Waals surface area contributed by atoms with Crippen LogP contribution in [0.2, 0.25) is 10.0 Å². The molecule has 3 aromatic carbocycles. The van der Waals surface area contributed by atoms with Gasteiger partial charge in [-0.2, -0.15) is 13.2 Å². The molecule has 1 atom stereocenters. The maximum Gasteiger partial charge on any atom is 0.435 e. The maximum atomic E-state index is 14.4. The molecule has 1 unspecified atom stereocenters. The second-order valence-electron chi connectivity index (χ2n) is 8.28. The highest BCUT2D eigenvalue weighted by atomic mass is 35.5. The molecule has 6 nitrogen and oxygen atoms in total. The minimum Gasteiger partial charge on any atom is -0.399 e. The zero-order valence-corrected chi connectivity index (χ0v) is 20.9. The Bertz CT molecular complexity index is 1420. The average Bonchev–Trinajstić information content (AvgIpc) is 3.32. The maximum absolute atomic E-state index is 14.4. The van der Waals surface area contributed by atoms with Crippen LogP contribution in [0.15, 0.2) is 58.8 Å². The molecule has 12 heteroatoms. The van der Waals surface area contributed by atoms with Gasteiger partial charge in [0, 0.05) is 23.1 Å². The molecule has 37 heavy (non-hydrogen) atoms. The van der Waals surface area contributed by atoms with Crippen LogP contribution in [-0.2, 0) is 15.3 Å². The van der Waals surface area contributed by atoms with Crippen molar-refractivity contribution in [3.05, 3.63) is 81.1 Å². The third-order valence-corrected chi connectivity index (χ3v) is 6.42. The van der Waals surface area contributed by atoms with Crippen molar-refractivity contribution in [2.45, 2.75) is 25.1 Å². The lowest BCUT2D eigenvalue weighted by molar-refractivity contribution is -0.275. The van der Waals surface area contributed by atoms with Crippen molar-refractivity contribution in [1.82, 2.24) is 5.32 Å². The van der Waals surface area contributed by atoms with E-state index in [1.54, 1.807) is 31.2 Å². The number of amides is 1. The number of benzene rings is 3. The molecule has 4 rings (SSSR count). The van der Waals surface area contributed by atoms with Gasteiger partial charge < -0.3 is 15.0 Å². The van der Waals surface area contributed by atoms with E-state index in [4.69, 9.17) is 28.0 Å². The molecule has 3 aromatic rings. The molecule has 0 radical (unpaired) electrons. The zero-order chi connectivity index (χ0) is 27.0. The monoisotopic (exact) mass is 555 g/mol. The molecule has 1 amide bonds. The van der Waals surface area contributed by atoms with Crippen LogP contribution in [0.5, 0.6) is 0 Å². The van der Waals surface area contributed by atoms with E-state index in [-0.39, 0.29) is 12.3 Å². The van der Waals surface area contributed by atoms with Crippen LogP contribution in [0.4, 0.5) is 17.6 Å². The largest absolute Gasteiger partial charge is 0.435 e. The molecular weight excluding hydrogens is 537 g/mol. The standard InChI is InChI=1S/C25H19Cl2F4N3O3/c1-13(33-36-2)12-32-23(35)18-8-7-17(15-5-3-4-6-16(15)18)21-11-24(37-34-21,25(29,30)31)14-9-19(26)22(28)20(27)10-14/h3-10H,11-12H2,1-2H3,(H,32,35). The van der Waals surface area contributed by atoms with Crippen molar-refractivity contribution in [2.24, 2.45) is 10.3 Å². The van der Waals surface area contributed by atoms with Crippen LogP contribution in [0.1, 0.15) is 34.8 Å². The van der Waals surface area contributed by atoms with Gasteiger partial charge in [-0.3, -0.25) is 4.79 Å². The van der Waals surface area contributed by atoms with Gasteiger partial charge in [-0.25, -0.2) is 4.39 Å². The van der Waals surface area contributed by atoms with Crippen molar-refractivity contribution in [1.29, 1.82) is 0 Å². The van der Waals surface area contributed by atoms with Gasteiger partial charge in [0.25, 0.3) is 11.5 Å². The molecule has 1 aliphatic rings. The number of carbonyl (C=O) groups is 1. The fourth-order valence-electron chi connectivity index (χ4n) is 4.08. The van der Waals surface area contributed by atoms with E-state index in [9.17, 15) is 22.4 Å². The number of carbonyl (C=O) groups excluding carboxylic acids is 1. The van der Waals surface area contributed by atoms with Crippen molar-refractivity contribution in [3.8, 4) is 0 Å². The van der Waals surface area contributed by atoms with Crippen LogP contribution < -0.4 is 5.32 Å². The van der Waals surface area contributed by atoms with Crippen molar-refractivity contribution in [3.63, 3.8) is 0 Å². The number of nitrogens with one attached hydrogen (secondary N) is 1. The summed E-state index contributed by atoms with van der Waals surface area (Å²) in [5.41, 5.74) is -2.24. The molecule has 0 fully saturated rings. The minimum absolute atomic E-state index is 0.0138. The Labute approximate surface area is 218 Å². The van der Waals surface area contributed by atoms with Crippen molar-refractivity contribution >= 4 is 51.3 Å². The van der Waals surface area contributed by atoms with Gasteiger partial charge in [-0.05, 0) is 35.9 Å². The Morgan fingerprint density at radius 1 is 1.16 bits per heavy atom. The second kappa shape index (κ2) is 10.2. The first-order valence-electron chi connectivity index (χ1n) is 10.8. The first kappa shape index (κ1) is 26.7. The Hall–Kier alpha value is -3.37. The fourth-order valence-corrected chi connectivity index (χ4v) is 4.56. The summed E-state index contributed by atoms with van der Waals surface area (Å²) in [4.78, 5) is 22.6. The van der Waals surface area contributed by atoms with Crippen LogP contribution in [0.25, 0.3) is 10.8 Å². The number of nitrogens with zero attached hydrogens (tertiary/aromatic N) is 2. The number of halogens is 6. The predicted octanol–water partition coefficient (Wildman–Crippen LogP) is 6.62. The summed E-state index contributed by atoms with van der Waals surface area (Å²) < 4.78 is 57.1. The van der Waals surface area contributed by atoms with E-state index in [0.717, 1.165) is 12.1 Å². The summed E-state index contributed by atoms with van der Waals surface area (Å²) in [5.74, 6) is -1.44. The fraction of sp³-hybridized carbons (Fsp3) is 0.240. The number of alkyl halides is 3. The molecule has 0 spiro atoms. The lowest BCUT2D eigenvalue weighted by Gasteiger charge is -2.29. The van der Waals surface area contributed by atoms with Gasteiger partial charge in [-0.15, -0.1) is 0 Å². The first-order valence-corrected chi connectivity index (χ1v) is 11.6. The molecule has 0 aliphatic carbocycles. The van der Waals surface area contributed by atoms with E-state index in [1.807, 2.05) is 0 Å². The summed E-state index contributed by atoms with van der Waals surface area (Å²) in [5, 5.41) is 10.1. The van der Waals surface area contributed by atoms with Crippen molar-refractivity contribution < 1.29 is 32.0 Å². The van der Waals surface area contributed by atoms with Gasteiger partial charge in [0.05, 0.1) is 28.0 Å². The van der Waals surface area contributed by atoms with E-state index in [0.29, 0.717) is 27.6 Å². The first-order chi connectivity index (χ1) is 17.5. The Kier molecular flexibility index (Phi) is 7.34. The highest BCUT2D eigenvalue weighted by Gasteiger charge is 2.62. The Balaban J connectivity index is 1.73. The topological polar surface area (TPSA) is 72.3 Å². The van der Waals surface area contributed by atoms with E-state index >= 15 is 0 Å². The number of hydrogen-bond donors (Lipinski definition) is 1. The summed E-state index contributed by atoms with van der Waals surface area (Å²) in [6.45, 7) is 1.82. The molecular formula is C25H19Cl2F4N3O3. The third-order valence-electron chi connectivity index (χ3n) is 5.87. The minimum atomic E-state index is -4.94. The summed E-state index contributed by atoms with van der Waals surface area (Å²) >= 11 is 11.6. The van der Waals surface area contributed by atoms with E-state index < -0.39 is 45.5 Å². The lowest BCUT2D eigenvalue weighted by Crippen LogP contribution is -2.42. The molecule has 0 bridgehead atoms. The summed E-state index contributed by atoms with van der Waals surface area (Å²) in [6.07, 6.45) is -5.67. The normalized spacial score (nSPS) is 17.9. The highest BCUT2D eigenvalue weighted by Crippen LogP contribution is 2.50. The molecule has 0 saturated heterocycles. The van der Waals surface area contributed by atoms with Crippen LogP contribution in [0.3, 0.4) is 0 Å². The number of fused-ring (bicyclic) bond motifs is 1. The molecule has 1 aliphatic heterocycles. The Morgan fingerprint density at radius 2 is 1.81 bits per heavy atom. The lowest BCUT2D eigenvalue weighted by atomic mass is 9.85. The van der Waals surface area contributed by atoms with Gasteiger partial charge in [0.2, 0.25) is 0 Å². The van der Waals surface area contributed by atoms with Gasteiger partial charge in [0.1, 0.15) is 7.11 Å². The number of hydrogen-bond acceptors (Lipinski definition) is 5. The molecule has 0 saturated carbocycles. The molecule has 194 valence electrons. The number of rotatable bonds is 6. The second-order valence-corrected chi connectivity index (χ2v) is 9.10. The third kappa shape index (κ3) is 4.95. The van der Waals surface area contributed by atoms with Crippen molar-refractivity contribution in [2.75, 3.05) is 13.7 Å². The SMILES string of the molecule is CON=C(C)CNC(=O)c1ccc(C2=NOC(c3cc(Cl)c(F)c(Cl)c3)(C(F)(F)F)C2)c2ccccc12. The number of oxime groups is 2. The smallest absolute Gasteiger partial charge is 0.399 e. The van der Waals surface area contributed by atoms with Crippen LogP contribution >= 0.6 is 23.2 Å². The van der Waals surface area contributed by atoms with E-state index in [1.165, 1.54) is 19.2 Å². The summed E-state index contributed by atoms with van der Waals surface area (Å²) in [7, 11) is 1.39. The predicted molar refractivity (Wildman–Crippen MR) is 133 cm³/mol. The molecule has 1 N–H and O–H groups in total. The zero-order valence-electron chi connectivity index (χ0n) is 19.4. The van der Waals surface area contributed by atoms with E-state index in [2.05, 4.69) is 20.5 Å². The van der Waals surface area contributed by atoms with Crippen LogP contribution in [-0.4, -0.2) is 37.2 Å². The highest BCUT2D eigenvalue weighted by molar-refractivity contribution is 6.35. The van der Waals surface area contributed by atoms with Gasteiger partial charge in [-0.1, -0.05) is 63.8 Å². The molecule has 0 aromatic heterocycles. The average molecular weight is 556 g/mol. The quantitative estimate of drug-likeness (QED) is 0.161. The van der Waals surface area contributed by atoms with Crippen LogP contribution in [0, 0.1) is 5.82 Å². The Morgan fingerprint density at radius 3 is 2.43 bits per heavy atom. The summed E-state index contributed by atoms with van der Waals surface area (Å²) in [6, 6.07) is 11.4. The van der Waals surface area contributed by atoms with Gasteiger partial charge in [0.15, 0.2) is 5.82 Å².